The van der Waals surface area contributed by atoms with Crippen LogP contribution in [0.5, 0.6) is 11.5 Å². The van der Waals surface area contributed by atoms with Crippen LogP contribution in [0.3, 0.4) is 0 Å². The van der Waals surface area contributed by atoms with Crippen LogP contribution in [0.15, 0.2) is 36.4 Å². The number of halogens is 4. The first kappa shape index (κ1) is 24.4. The number of carbonyl (C=O) groups is 3. The first-order valence-corrected chi connectivity index (χ1v) is 8.81. The van der Waals surface area contributed by atoms with Crippen LogP contribution in [0.25, 0.3) is 0 Å². The monoisotopic (exact) mass is 469 g/mol. The highest BCUT2D eigenvalue weighted by Crippen LogP contribution is 2.37. The van der Waals surface area contributed by atoms with Gasteiger partial charge in [-0.25, -0.2) is 4.79 Å². The molecule has 0 aliphatic rings. The smallest absolute Gasteiger partial charge is 0.416 e. The first-order chi connectivity index (χ1) is 14.9. The van der Waals surface area contributed by atoms with Gasteiger partial charge in [-0.1, -0.05) is 17.5 Å². The lowest BCUT2D eigenvalue weighted by Crippen LogP contribution is -2.21. The van der Waals surface area contributed by atoms with Crippen molar-refractivity contribution in [3.05, 3.63) is 62.7 Å². The molecule has 8 nitrogen and oxygen atoms in total. The average molecular weight is 470 g/mol. The molecule has 0 fully saturated rings. The summed E-state index contributed by atoms with van der Waals surface area (Å²) in [4.78, 5) is 46.0. The Balaban J connectivity index is 2.31. The number of ether oxygens (including phenoxy) is 2. The van der Waals surface area contributed by atoms with E-state index in [2.05, 4.69) is 4.74 Å². The molecule has 0 aliphatic heterocycles. The minimum absolute atomic E-state index is 0.192. The number of hydrogen-bond donors (Lipinski definition) is 0. The number of esters is 1. The highest BCUT2D eigenvalue weighted by Gasteiger charge is 2.31. The second-order valence-corrected chi connectivity index (χ2v) is 6.39. The maximum absolute atomic E-state index is 12.7. The quantitative estimate of drug-likeness (QED) is 0.107. The summed E-state index contributed by atoms with van der Waals surface area (Å²) in [6.07, 6.45) is -0.800. The van der Waals surface area contributed by atoms with Gasteiger partial charge in [-0.2, -0.15) is 13.2 Å². The maximum atomic E-state index is 12.7. The zero-order valence-corrected chi connectivity index (χ0v) is 16.5. The fraction of sp³-hybridized carbons (Fsp3) is 0.150. The van der Waals surface area contributed by atoms with Crippen LogP contribution >= 0.6 is 11.6 Å². The lowest BCUT2D eigenvalue weighted by molar-refractivity contribution is -0.385. The molecule has 12 heteroatoms. The molecule has 0 saturated heterocycles. The van der Waals surface area contributed by atoms with Crippen molar-refractivity contribution in [2.45, 2.75) is 12.6 Å². The zero-order chi connectivity index (χ0) is 24.1. The molecule has 0 spiro atoms. The van der Waals surface area contributed by atoms with Gasteiger partial charge in [0, 0.05) is 6.07 Å². The second-order valence-electron chi connectivity index (χ2n) is 5.98. The van der Waals surface area contributed by atoms with E-state index in [9.17, 15) is 37.7 Å². The molecule has 0 bridgehead atoms. The summed E-state index contributed by atoms with van der Waals surface area (Å²) in [7, 11) is 0. The lowest BCUT2D eigenvalue weighted by atomic mass is 10.0. The number of terminal acetylenes is 1. The third kappa shape index (κ3) is 6.05. The number of ketones is 2. The van der Waals surface area contributed by atoms with Crippen molar-refractivity contribution in [2.24, 2.45) is 0 Å². The summed E-state index contributed by atoms with van der Waals surface area (Å²) in [5.41, 5.74) is -2.29. The fourth-order valence-corrected chi connectivity index (χ4v) is 2.57. The van der Waals surface area contributed by atoms with E-state index in [4.69, 9.17) is 22.8 Å². The van der Waals surface area contributed by atoms with E-state index >= 15 is 0 Å². The van der Waals surface area contributed by atoms with Crippen molar-refractivity contribution in [1.29, 1.82) is 0 Å². The van der Waals surface area contributed by atoms with Gasteiger partial charge in [0.05, 0.1) is 27.5 Å². The summed E-state index contributed by atoms with van der Waals surface area (Å²) in [6, 6.07) is 5.12. The number of hydrogen-bond acceptors (Lipinski definition) is 7. The molecule has 0 radical (unpaired) electrons. The van der Waals surface area contributed by atoms with Gasteiger partial charge in [0.25, 0.3) is 5.69 Å². The van der Waals surface area contributed by atoms with Crippen LogP contribution in [-0.4, -0.2) is 29.1 Å². The Bertz CT molecular complexity index is 1140. The predicted molar refractivity (Wildman–Crippen MR) is 103 cm³/mol. The number of alkyl halides is 3. The summed E-state index contributed by atoms with van der Waals surface area (Å²) in [5.74, 6) is -2.22. The minimum atomic E-state index is -4.64. The molecule has 32 heavy (non-hydrogen) atoms. The third-order valence-corrected chi connectivity index (χ3v) is 4.08. The van der Waals surface area contributed by atoms with Gasteiger partial charge in [-0.05, 0) is 30.3 Å². The largest absolute Gasteiger partial charge is 0.456 e. The Labute approximate surface area is 183 Å². The van der Waals surface area contributed by atoms with E-state index in [1.165, 1.54) is 0 Å². The number of Topliss-reactive ketones (excluding diaryl/α,β-unsaturated/α-hetero) is 2. The number of nitro groups is 1. The standard InChI is InChI=1S/C20H11ClF3NO7/c1-2-7-31-19(28)17(27)10-16(26)13-9-12(4-5-15(13)25(29)30)32-18-6-3-11(8-14(18)21)20(22,23)24/h1,3-6,8-9H,7,10H2. The van der Waals surface area contributed by atoms with Gasteiger partial charge >= 0.3 is 12.1 Å². The molecule has 2 rings (SSSR count). The summed E-state index contributed by atoms with van der Waals surface area (Å²) in [6.45, 7) is -0.504. The zero-order valence-electron chi connectivity index (χ0n) is 15.8. The van der Waals surface area contributed by atoms with Crippen molar-refractivity contribution < 1.29 is 42.0 Å². The van der Waals surface area contributed by atoms with Gasteiger partial charge in [-0.3, -0.25) is 19.7 Å². The highest BCUT2D eigenvalue weighted by atomic mass is 35.5. The summed E-state index contributed by atoms with van der Waals surface area (Å²) in [5, 5.41) is 10.8. The molecule has 0 aromatic heterocycles. The molecule has 0 aliphatic carbocycles. The van der Waals surface area contributed by atoms with Gasteiger partial charge in [0.1, 0.15) is 11.5 Å². The highest BCUT2D eigenvalue weighted by molar-refractivity contribution is 6.38. The SMILES string of the molecule is C#CCOC(=O)C(=O)CC(=O)c1cc(Oc2ccc(C(F)(F)F)cc2Cl)ccc1[N+](=O)[O-]. The first-order valence-electron chi connectivity index (χ1n) is 8.43. The van der Waals surface area contributed by atoms with Gasteiger partial charge in [-0.15, -0.1) is 6.42 Å². The van der Waals surface area contributed by atoms with E-state index in [1.54, 1.807) is 0 Å². The molecule has 0 unspecified atom stereocenters. The van der Waals surface area contributed by atoms with Crippen molar-refractivity contribution >= 4 is 34.8 Å². The Morgan fingerprint density at radius 1 is 1.16 bits per heavy atom. The molecule has 0 atom stereocenters. The Kier molecular flexibility index (Phi) is 7.56. The molecule has 0 amide bonds. The summed E-state index contributed by atoms with van der Waals surface area (Å²) < 4.78 is 48.0. The Morgan fingerprint density at radius 2 is 1.84 bits per heavy atom. The molecule has 2 aromatic carbocycles. The third-order valence-electron chi connectivity index (χ3n) is 3.79. The van der Waals surface area contributed by atoms with Crippen molar-refractivity contribution in [3.63, 3.8) is 0 Å². The number of benzene rings is 2. The number of nitro benzene ring substituents is 1. The Hall–Kier alpha value is -3.91. The Morgan fingerprint density at radius 3 is 2.41 bits per heavy atom. The van der Waals surface area contributed by atoms with E-state index in [0.29, 0.717) is 12.1 Å². The van der Waals surface area contributed by atoms with Gasteiger partial charge in [0.15, 0.2) is 12.4 Å². The van der Waals surface area contributed by atoms with Crippen molar-refractivity contribution in [3.8, 4) is 23.8 Å². The normalized spacial score (nSPS) is 10.7. The number of rotatable bonds is 8. The van der Waals surface area contributed by atoms with Crippen LogP contribution < -0.4 is 4.74 Å². The van der Waals surface area contributed by atoms with Crippen molar-refractivity contribution in [1.82, 2.24) is 0 Å². The molecule has 2 aromatic rings. The van der Waals surface area contributed by atoms with E-state index in [1.807, 2.05) is 5.92 Å². The van der Waals surface area contributed by atoms with E-state index < -0.39 is 63.5 Å². The topological polar surface area (TPSA) is 113 Å². The van der Waals surface area contributed by atoms with Crippen LogP contribution in [0.4, 0.5) is 18.9 Å². The molecule has 166 valence electrons. The van der Waals surface area contributed by atoms with Crippen LogP contribution in [0, 0.1) is 22.5 Å². The predicted octanol–water partition coefficient (Wildman–Crippen LogP) is 4.38. The number of carbonyl (C=O) groups excluding carboxylic acids is 3. The molecular weight excluding hydrogens is 459 g/mol. The summed E-state index contributed by atoms with van der Waals surface area (Å²) >= 11 is 5.80. The lowest BCUT2D eigenvalue weighted by Gasteiger charge is -2.12. The van der Waals surface area contributed by atoms with Crippen molar-refractivity contribution in [2.75, 3.05) is 6.61 Å². The fourth-order valence-electron chi connectivity index (χ4n) is 2.35. The van der Waals surface area contributed by atoms with Gasteiger partial charge < -0.3 is 9.47 Å². The average Bonchev–Trinajstić information content (AvgIpc) is 2.72. The molecule has 0 saturated carbocycles. The van der Waals surface area contributed by atoms with Crippen LogP contribution in [-0.2, 0) is 20.5 Å². The maximum Gasteiger partial charge on any atom is 0.416 e. The van der Waals surface area contributed by atoms with Crippen LogP contribution in [0.2, 0.25) is 5.02 Å². The second kappa shape index (κ2) is 9.93. The number of nitrogens with zero attached hydrogens (tertiary/aromatic N) is 1. The molecule has 0 heterocycles. The van der Waals surface area contributed by atoms with Crippen LogP contribution in [0.1, 0.15) is 22.3 Å². The van der Waals surface area contributed by atoms with E-state index in [-0.39, 0.29) is 11.5 Å². The molecule has 0 N–H and O–H groups in total. The van der Waals surface area contributed by atoms with Gasteiger partial charge in [0.2, 0.25) is 5.78 Å². The molecular formula is C20H11ClF3NO7. The minimum Gasteiger partial charge on any atom is -0.456 e. The van der Waals surface area contributed by atoms with E-state index in [0.717, 1.165) is 24.3 Å².